The van der Waals surface area contributed by atoms with E-state index in [1.165, 1.54) is 19.1 Å². The molecule has 4 atom stereocenters. The molecule has 0 unspecified atom stereocenters. The van der Waals surface area contributed by atoms with Gasteiger partial charge in [-0.05, 0) is 26.3 Å². The molecule has 1 N–H and O–H groups in total. The number of hydrogen-bond acceptors (Lipinski definition) is 8. The maximum absolute atomic E-state index is 12.0. The van der Waals surface area contributed by atoms with Crippen LogP contribution < -0.4 is 0 Å². The van der Waals surface area contributed by atoms with E-state index in [0.29, 0.717) is 6.29 Å². The lowest BCUT2D eigenvalue weighted by atomic mass is 10.1. The molecule has 1 aliphatic rings. The zero-order valence-corrected chi connectivity index (χ0v) is 14.8. The van der Waals surface area contributed by atoms with E-state index in [0.717, 1.165) is 12.2 Å². The van der Waals surface area contributed by atoms with Crippen molar-refractivity contribution in [2.24, 2.45) is 0 Å². The van der Waals surface area contributed by atoms with Gasteiger partial charge in [0.05, 0.1) is 6.42 Å². The van der Waals surface area contributed by atoms with Crippen LogP contribution in [0.2, 0.25) is 0 Å². The van der Waals surface area contributed by atoms with Crippen LogP contribution in [0.1, 0.15) is 39.5 Å². The van der Waals surface area contributed by atoms with E-state index in [-0.39, 0.29) is 25.7 Å². The summed E-state index contributed by atoms with van der Waals surface area (Å²) in [5, 5.41) is 9.90. The highest BCUT2D eigenvalue weighted by Crippen LogP contribution is 2.12. The van der Waals surface area contributed by atoms with Gasteiger partial charge in [0.1, 0.15) is 30.7 Å². The Kier molecular flexibility index (Phi) is 9.29. The lowest BCUT2D eigenvalue weighted by Crippen LogP contribution is -2.27. The van der Waals surface area contributed by atoms with Gasteiger partial charge in [0.2, 0.25) is 0 Å². The monoisotopic (exact) mass is 368 g/mol. The molecule has 0 fully saturated rings. The van der Waals surface area contributed by atoms with Crippen molar-refractivity contribution in [1.82, 2.24) is 0 Å². The zero-order valence-electron chi connectivity index (χ0n) is 14.8. The standard InChI is InChI=1S/C18H24O8/c1-12-5-3-7-16(21)25-13(2)15(20)8-9-17(22)26-14(6-4-10-19)11-18(23)24-12/h3,7-10,12-15,20H,4-6,11H2,1-2H3/b7-3+,9-8+/t12-,13-,14+,15+/m0/s1. The van der Waals surface area contributed by atoms with Crippen LogP contribution in [0, 0.1) is 0 Å². The third-order valence-corrected chi connectivity index (χ3v) is 3.55. The zero-order chi connectivity index (χ0) is 19.5. The first-order chi connectivity index (χ1) is 12.3. The molecule has 0 saturated carbocycles. The van der Waals surface area contributed by atoms with Crippen LogP contribution in [0.15, 0.2) is 24.3 Å². The first-order valence-electron chi connectivity index (χ1n) is 8.39. The number of aldehydes is 1. The molecule has 0 aromatic carbocycles. The van der Waals surface area contributed by atoms with Crippen molar-refractivity contribution >= 4 is 24.2 Å². The fourth-order valence-corrected chi connectivity index (χ4v) is 2.15. The smallest absolute Gasteiger partial charge is 0.330 e. The Labute approximate surface area is 151 Å². The van der Waals surface area contributed by atoms with Crippen LogP contribution in [0.25, 0.3) is 0 Å². The highest BCUT2D eigenvalue weighted by molar-refractivity contribution is 5.83. The van der Waals surface area contributed by atoms with E-state index in [4.69, 9.17) is 14.2 Å². The summed E-state index contributed by atoms with van der Waals surface area (Å²) < 4.78 is 15.3. The molecular weight excluding hydrogens is 344 g/mol. The number of aliphatic hydroxyl groups excluding tert-OH is 1. The lowest BCUT2D eigenvalue weighted by Gasteiger charge is -2.18. The van der Waals surface area contributed by atoms with Crippen LogP contribution in [0.5, 0.6) is 0 Å². The molecule has 26 heavy (non-hydrogen) atoms. The van der Waals surface area contributed by atoms with Crippen molar-refractivity contribution in [2.45, 2.75) is 63.9 Å². The quantitative estimate of drug-likeness (QED) is 0.446. The molecule has 0 amide bonds. The molecule has 0 aromatic rings. The molecule has 1 rings (SSSR count). The number of hydrogen-bond donors (Lipinski definition) is 1. The summed E-state index contributed by atoms with van der Waals surface area (Å²) >= 11 is 0. The Balaban J connectivity index is 2.90. The van der Waals surface area contributed by atoms with Crippen molar-refractivity contribution in [1.29, 1.82) is 0 Å². The lowest BCUT2D eigenvalue weighted by molar-refractivity contribution is -0.155. The molecule has 0 aliphatic carbocycles. The Hall–Kier alpha value is -2.48. The fraction of sp³-hybridized carbons (Fsp3) is 0.556. The molecule has 8 heteroatoms. The van der Waals surface area contributed by atoms with Gasteiger partial charge in [0, 0.05) is 25.0 Å². The molecule has 8 nitrogen and oxygen atoms in total. The number of carbonyl (C=O) groups is 4. The summed E-state index contributed by atoms with van der Waals surface area (Å²) in [4.78, 5) is 46.0. The number of carbonyl (C=O) groups excluding carboxylic acids is 4. The topological polar surface area (TPSA) is 116 Å². The van der Waals surface area contributed by atoms with E-state index in [9.17, 15) is 24.3 Å². The molecule has 1 heterocycles. The summed E-state index contributed by atoms with van der Waals surface area (Å²) in [6, 6.07) is 0. The number of ether oxygens (including phenoxy) is 3. The van der Waals surface area contributed by atoms with E-state index in [2.05, 4.69) is 0 Å². The second-order valence-corrected chi connectivity index (χ2v) is 5.94. The number of cyclic esters (lactones) is 3. The Bertz CT molecular complexity index is 566. The molecule has 0 radical (unpaired) electrons. The van der Waals surface area contributed by atoms with Gasteiger partial charge < -0.3 is 24.1 Å². The third kappa shape index (κ3) is 8.57. The Morgan fingerprint density at radius 1 is 1.12 bits per heavy atom. The van der Waals surface area contributed by atoms with Gasteiger partial charge in [-0.2, -0.15) is 0 Å². The van der Waals surface area contributed by atoms with E-state index < -0.39 is 42.3 Å². The van der Waals surface area contributed by atoms with Gasteiger partial charge in [0.15, 0.2) is 0 Å². The summed E-state index contributed by atoms with van der Waals surface area (Å²) in [7, 11) is 0. The average molecular weight is 368 g/mol. The molecule has 0 spiro atoms. The second kappa shape index (κ2) is 11.2. The van der Waals surface area contributed by atoms with Gasteiger partial charge in [-0.3, -0.25) is 4.79 Å². The minimum atomic E-state index is -1.20. The van der Waals surface area contributed by atoms with Crippen molar-refractivity contribution in [3.05, 3.63) is 24.3 Å². The van der Waals surface area contributed by atoms with Gasteiger partial charge in [-0.25, -0.2) is 9.59 Å². The highest BCUT2D eigenvalue weighted by Gasteiger charge is 2.21. The van der Waals surface area contributed by atoms with E-state index in [1.807, 2.05) is 0 Å². The van der Waals surface area contributed by atoms with Crippen molar-refractivity contribution in [3.63, 3.8) is 0 Å². The SMILES string of the molecule is C[C@@H]1OC(=O)/C=C/C[C@H](C)OC(=O)C[C@@H](CCC=O)OC(=O)/C=C/[C@H]1O. The number of esters is 3. The van der Waals surface area contributed by atoms with Crippen molar-refractivity contribution < 1.29 is 38.5 Å². The maximum Gasteiger partial charge on any atom is 0.330 e. The van der Waals surface area contributed by atoms with E-state index >= 15 is 0 Å². The second-order valence-electron chi connectivity index (χ2n) is 5.94. The minimum Gasteiger partial charge on any atom is -0.462 e. The summed E-state index contributed by atoms with van der Waals surface area (Å²) in [6.07, 6.45) is 2.50. The Morgan fingerprint density at radius 3 is 2.50 bits per heavy atom. The van der Waals surface area contributed by atoms with Gasteiger partial charge in [-0.15, -0.1) is 0 Å². The van der Waals surface area contributed by atoms with Crippen LogP contribution in [0.4, 0.5) is 0 Å². The normalized spacial score (nSPS) is 31.3. The third-order valence-electron chi connectivity index (χ3n) is 3.55. The number of rotatable bonds is 3. The van der Waals surface area contributed by atoms with Crippen LogP contribution >= 0.6 is 0 Å². The van der Waals surface area contributed by atoms with Gasteiger partial charge >= 0.3 is 17.9 Å². The Morgan fingerprint density at radius 2 is 1.81 bits per heavy atom. The molecule has 0 aromatic heterocycles. The first-order valence-corrected chi connectivity index (χ1v) is 8.39. The molecule has 0 saturated heterocycles. The molecule has 144 valence electrons. The first kappa shape index (κ1) is 21.6. The highest BCUT2D eigenvalue weighted by atomic mass is 16.6. The van der Waals surface area contributed by atoms with Crippen molar-refractivity contribution in [2.75, 3.05) is 0 Å². The summed E-state index contributed by atoms with van der Waals surface area (Å²) in [6.45, 7) is 3.13. The molecule has 0 bridgehead atoms. The predicted molar refractivity (Wildman–Crippen MR) is 89.8 cm³/mol. The summed E-state index contributed by atoms with van der Waals surface area (Å²) in [5.74, 6) is -2.03. The van der Waals surface area contributed by atoms with Gasteiger partial charge in [-0.1, -0.05) is 6.08 Å². The largest absolute Gasteiger partial charge is 0.462 e. The maximum atomic E-state index is 12.0. The van der Waals surface area contributed by atoms with Crippen molar-refractivity contribution in [3.8, 4) is 0 Å². The summed E-state index contributed by atoms with van der Waals surface area (Å²) in [5.41, 5.74) is 0. The van der Waals surface area contributed by atoms with Crippen LogP contribution in [0.3, 0.4) is 0 Å². The van der Waals surface area contributed by atoms with Gasteiger partial charge in [0.25, 0.3) is 0 Å². The molecular formula is C18H24O8. The fourth-order valence-electron chi connectivity index (χ4n) is 2.15. The average Bonchev–Trinajstić information content (AvgIpc) is 2.56. The molecule has 1 aliphatic heterocycles. The van der Waals surface area contributed by atoms with Crippen LogP contribution in [-0.2, 0) is 33.4 Å². The van der Waals surface area contributed by atoms with E-state index in [1.54, 1.807) is 6.92 Å². The van der Waals surface area contributed by atoms with Crippen LogP contribution in [-0.4, -0.2) is 53.7 Å². The number of aliphatic hydroxyl groups is 1. The predicted octanol–water partition coefficient (Wildman–Crippen LogP) is 1.01. The minimum absolute atomic E-state index is 0.128.